The molecule has 0 spiro atoms. The van der Waals surface area contributed by atoms with Crippen LogP contribution in [-0.2, 0) is 19.1 Å². The second-order valence-corrected chi connectivity index (χ2v) is 18.9. The number of hydrogen-bond acceptors (Lipinski definition) is 17. The number of benzene rings is 2. The molecular weight excluding hydrogens is 931 g/mol. The highest BCUT2D eigenvalue weighted by molar-refractivity contribution is 7.23. The Morgan fingerprint density at radius 1 is 0.706 bits per heavy atom. The van der Waals surface area contributed by atoms with E-state index in [1.807, 2.05) is 60.7 Å². The van der Waals surface area contributed by atoms with Crippen molar-refractivity contribution in [1.29, 1.82) is 0 Å². The molecule has 346 valence electrons. The van der Waals surface area contributed by atoms with Crippen LogP contribution in [0.15, 0.2) is 71.9 Å². The number of imidazole rings is 1. The number of ether oxygens (including phenoxy) is 1. The lowest BCUT2D eigenvalue weighted by atomic mass is 10.2. The number of carbonyl (C=O) groups is 4. The van der Waals surface area contributed by atoms with Gasteiger partial charge in [-0.1, -0.05) is 94.7 Å². The molecule has 0 saturated heterocycles. The lowest BCUT2D eigenvalue weighted by Gasteiger charge is -2.04. The van der Waals surface area contributed by atoms with Gasteiger partial charge in [0.25, 0.3) is 0 Å². The number of aromatic amines is 3. The number of amides is 3. The van der Waals surface area contributed by atoms with Gasteiger partial charge >= 0.3 is 5.97 Å². The number of nitrogen functional groups attached to an aromatic ring is 1. The van der Waals surface area contributed by atoms with Crippen LogP contribution in [0, 0.1) is 17.8 Å². The Morgan fingerprint density at radius 2 is 1.25 bits per heavy atom. The van der Waals surface area contributed by atoms with E-state index in [0.29, 0.717) is 61.4 Å². The van der Waals surface area contributed by atoms with Crippen molar-refractivity contribution in [1.82, 2.24) is 55.1 Å². The third-order valence-electron chi connectivity index (χ3n) is 10.6. The molecule has 3 saturated carbocycles. The fourth-order valence-electron chi connectivity index (χ4n) is 6.62. The summed E-state index contributed by atoms with van der Waals surface area (Å²) in [5, 5.41) is 30.9. The number of carbonyl (C=O) groups excluding carboxylic acids is 4. The minimum Gasteiger partial charge on any atom is -0.461 e. The van der Waals surface area contributed by atoms with E-state index in [4.69, 9.17) is 16.2 Å². The number of esters is 1. The highest BCUT2D eigenvalue weighted by Crippen LogP contribution is 2.37. The van der Waals surface area contributed by atoms with Crippen molar-refractivity contribution in [3.05, 3.63) is 78.1 Å². The number of amidine groups is 1. The third kappa shape index (κ3) is 9.79. The molecule has 0 atom stereocenters. The van der Waals surface area contributed by atoms with Gasteiger partial charge in [-0.25, -0.2) is 19.8 Å². The number of aromatic nitrogens is 11. The molecule has 0 aliphatic heterocycles. The van der Waals surface area contributed by atoms with Crippen molar-refractivity contribution in [2.75, 3.05) is 28.3 Å². The van der Waals surface area contributed by atoms with E-state index in [0.717, 1.165) is 63.8 Å². The molecule has 3 aliphatic carbocycles. The van der Waals surface area contributed by atoms with Crippen molar-refractivity contribution < 1.29 is 23.9 Å². The molecule has 22 nitrogen and oxygen atoms in total. The van der Waals surface area contributed by atoms with Gasteiger partial charge in [-0.15, -0.1) is 0 Å². The largest absolute Gasteiger partial charge is 0.461 e. The number of nitrogens with two attached hydrogens (primary N) is 2. The van der Waals surface area contributed by atoms with Gasteiger partial charge in [0, 0.05) is 35.1 Å². The van der Waals surface area contributed by atoms with Crippen LogP contribution >= 0.6 is 34.0 Å². The molecule has 68 heavy (non-hydrogen) atoms. The molecule has 2 aromatic carbocycles. The SMILES string of the molecule is CCOC(=O)c1cn(-c2n[nH]c3nc(NC(=O)C4CC4)sc23)c(-c2ccccc2)n1.NC(=Nc1[nH]nc2nc(NC(=O)C3CC3)sc12)c1ccccc1.Nc1[nH]nc2nc(NC(=O)C3CC3)sc12. The molecule has 10 N–H and O–H groups in total. The Hall–Kier alpha value is -7.90. The Labute approximate surface area is 396 Å². The Kier molecular flexibility index (Phi) is 12.1. The first-order valence-electron chi connectivity index (χ1n) is 21.5. The summed E-state index contributed by atoms with van der Waals surface area (Å²) in [7, 11) is 0. The molecule has 3 amide bonds. The van der Waals surface area contributed by atoms with Crippen molar-refractivity contribution in [3.8, 4) is 17.2 Å². The van der Waals surface area contributed by atoms with Gasteiger partial charge in [-0.3, -0.25) is 34.2 Å². The van der Waals surface area contributed by atoms with Crippen LogP contribution in [0.25, 0.3) is 48.2 Å². The van der Waals surface area contributed by atoms with E-state index >= 15 is 0 Å². The summed E-state index contributed by atoms with van der Waals surface area (Å²) in [5.74, 6) is 2.54. The van der Waals surface area contributed by atoms with Crippen molar-refractivity contribution >= 4 is 122 Å². The van der Waals surface area contributed by atoms with Crippen LogP contribution in [0.3, 0.4) is 0 Å². The van der Waals surface area contributed by atoms with Gasteiger partial charge < -0.3 is 32.2 Å². The zero-order valence-electron chi connectivity index (χ0n) is 36.0. The predicted octanol–water partition coefficient (Wildman–Crippen LogP) is 6.75. The lowest BCUT2D eigenvalue weighted by Crippen LogP contribution is -2.12. The minimum atomic E-state index is -0.498. The average Bonchev–Trinajstić information content (AvgIpc) is 4.29. The summed E-state index contributed by atoms with van der Waals surface area (Å²) in [4.78, 5) is 69.4. The van der Waals surface area contributed by atoms with E-state index < -0.39 is 5.97 Å². The number of fused-ring (bicyclic) bond motifs is 3. The fraction of sp³-hybridized carbons (Fsp3) is 0.256. The maximum absolute atomic E-state index is 12.3. The monoisotopic (exact) mass is 971 g/mol. The van der Waals surface area contributed by atoms with Crippen molar-refractivity contribution in [2.24, 2.45) is 28.5 Å². The highest BCUT2D eigenvalue weighted by atomic mass is 32.1. The van der Waals surface area contributed by atoms with Crippen LogP contribution in [0.1, 0.15) is 61.5 Å². The summed E-state index contributed by atoms with van der Waals surface area (Å²) in [6.45, 7) is 2.01. The van der Waals surface area contributed by atoms with Gasteiger partial charge in [0.15, 0.2) is 49.7 Å². The lowest BCUT2D eigenvalue weighted by molar-refractivity contribution is -0.118. The number of aliphatic imine (C=N–C) groups is 1. The van der Waals surface area contributed by atoms with Crippen LogP contribution < -0.4 is 27.4 Å². The van der Waals surface area contributed by atoms with Gasteiger partial charge in [0.1, 0.15) is 31.6 Å². The second kappa shape index (κ2) is 18.8. The molecule has 9 aromatic rings. The molecule has 12 rings (SSSR count). The number of H-pyrrole nitrogens is 3. The number of thiazole rings is 3. The normalized spacial score (nSPS) is 14.5. The number of anilines is 4. The van der Waals surface area contributed by atoms with Crippen LogP contribution in [0.2, 0.25) is 0 Å². The molecule has 0 unspecified atom stereocenters. The van der Waals surface area contributed by atoms with Gasteiger partial charge in [0.2, 0.25) is 17.7 Å². The number of rotatable bonds is 12. The zero-order chi connectivity index (χ0) is 46.9. The Bertz CT molecular complexity index is 3330. The number of hydrogen-bond donors (Lipinski definition) is 8. The molecule has 0 bridgehead atoms. The molecule has 3 fully saturated rings. The summed E-state index contributed by atoms with van der Waals surface area (Å²) >= 11 is 4.01. The van der Waals surface area contributed by atoms with Crippen molar-refractivity contribution in [3.63, 3.8) is 0 Å². The third-order valence-corrected chi connectivity index (χ3v) is 13.5. The van der Waals surface area contributed by atoms with Crippen LogP contribution in [0.5, 0.6) is 0 Å². The Balaban J connectivity index is 0.000000126. The fourth-order valence-corrected chi connectivity index (χ4v) is 9.19. The summed E-state index contributed by atoms with van der Waals surface area (Å²) in [6.07, 6.45) is 7.34. The van der Waals surface area contributed by atoms with Gasteiger partial charge in [0.05, 0.1) is 6.61 Å². The molecule has 25 heteroatoms. The Morgan fingerprint density at radius 3 is 1.84 bits per heavy atom. The predicted molar refractivity (Wildman–Crippen MR) is 259 cm³/mol. The first-order valence-corrected chi connectivity index (χ1v) is 24.0. The standard InChI is InChI=1S/C20H18N6O3S.C15H14N6OS.C8H9N5OS/c1-2-29-19(28)13-10-26(16(21-13)11-6-4-3-5-7-11)17-14-15(24-25-17)22-20(30-14)23-18(27)12-8-9-12;16-11(8-4-2-1-3-5-8)17-12-10-13(21-20-12)18-15(23-10)19-14(22)9-6-7-9;9-5-4-6(13-12-5)10-8(15-4)11-7(14)3-1-2-3/h3-7,10,12H,2,8-9H2,1H3,(H2,22,23,24,25,27);1-5,9H,6-7H2,(H4,16,17,18,19,20,21,22);3H,1-2H2,(H4,9,10,11,12,13,14). The van der Waals surface area contributed by atoms with E-state index in [-0.39, 0.29) is 47.8 Å². The summed E-state index contributed by atoms with van der Waals surface area (Å²) in [5.41, 5.74) is 15.2. The van der Waals surface area contributed by atoms with Crippen molar-refractivity contribution in [2.45, 2.75) is 45.4 Å². The second-order valence-electron chi connectivity index (χ2n) is 15.9. The first-order chi connectivity index (χ1) is 33.1. The van der Waals surface area contributed by atoms with Crippen LogP contribution in [-0.4, -0.2) is 91.2 Å². The maximum atomic E-state index is 12.3. The molecule has 0 radical (unpaired) electrons. The van der Waals surface area contributed by atoms with Crippen LogP contribution in [0.4, 0.5) is 27.0 Å². The van der Waals surface area contributed by atoms with Gasteiger partial charge in [-0.05, 0) is 45.4 Å². The molecular formula is C43H41N17O5S3. The smallest absolute Gasteiger partial charge is 0.358 e. The topological polar surface area (TPSA) is 321 Å². The average molecular weight is 972 g/mol. The zero-order valence-corrected chi connectivity index (χ0v) is 38.4. The number of nitrogens with zero attached hydrogens (tertiary/aromatic N) is 9. The first kappa shape index (κ1) is 44.0. The summed E-state index contributed by atoms with van der Waals surface area (Å²) < 4.78 is 9.18. The van der Waals surface area contributed by atoms with E-state index in [2.05, 4.69) is 71.5 Å². The van der Waals surface area contributed by atoms with E-state index in [9.17, 15) is 19.2 Å². The summed E-state index contributed by atoms with van der Waals surface area (Å²) in [6, 6.07) is 19.0. The van der Waals surface area contributed by atoms with E-state index in [1.165, 1.54) is 34.0 Å². The quantitative estimate of drug-likeness (QED) is 0.0357. The molecule has 7 aromatic heterocycles. The minimum absolute atomic E-state index is 0.00175. The van der Waals surface area contributed by atoms with Gasteiger partial charge in [-0.2, -0.15) is 25.3 Å². The van der Waals surface area contributed by atoms with E-state index in [1.54, 1.807) is 17.7 Å². The maximum Gasteiger partial charge on any atom is 0.358 e. The molecule has 3 aliphatic rings. The number of nitrogens with one attached hydrogen (secondary N) is 6. The highest BCUT2D eigenvalue weighted by Gasteiger charge is 2.32. The molecule has 7 heterocycles.